The molecule has 0 aliphatic carbocycles. The number of imidazole rings is 1. The van der Waals surface area contributed by atoms with Gasteiger partial charge in [0.25, 0.3) is 0 Å². The summed E-state index contributed by atoms with van der Waals surface area (Å²) in [6.07, 6.45) is 7.25. The summed E-state index contributed by atoms with van der Waals surface area (Å²) >= 11 is 0. The lowest BCUT2D eigenvalue weighted by Crippen LogP contribution is -2.22. The molecule has 8 nitrogen and oxygen atoms in total. The molecule has 0 saturated carbocycles. The molecule has 0 spiro atoms. The average Bonchev–Trinajstić information content (AvgIpc) is 3.20. The van der Waals surface area contributed by atoms with Gasteiger partial charge in [-0.25, -0.2) is 14.5 Å². The van der Waals surface area contributed by atoms with Gasteiger partial charge in [-0.15, -0.1) is 0 Å². The monoisotopic (exact) mass is 323 g/mol. The highest BCUT2D eigenvalue weighted by Gasteiger charge is 2.12. The van der Waals surface area contributed by atoms with Gasteiger partial charge in [0.1, 0.15) is 5.65 Å². The number of aromatic nitrogens is 6. The second-order valence-corrected chi connectivity index (χ2v) is 5.61. The van der Waals surface area contributed by atoms with Gasteiger partial charge in [-0.05, 0) is 19.1 Å². The summed E-state index contributed by atoms with van der Waals surface area (Å²) in [6, 6.07) is 4.01. The van der Waals surface area contributed by atoms with Crippen LogP contribution in [0.3, 0.4) is 0 Å². The molecule has 24 heavy (non-hydrogen) atoms. The van der Waals surface area contributed by atoms with E-state index in [9.17, 15) is 0 Å². The quantitative estimate of drug-likeness (QED) is 0.584. The lowest BCUT2D eigenvalue weighted by molar-refractivity contribution is 0.190. The Kier molecular flexibility index (Phi) is 3.58. The summed E-state index contributed by atoms with van der Waals surface area (Å²) in [6.45, 7) is 2.60. The van der Waals surface area contributed by atoms with Crippen molar-refractivity contribution in [3.8, 4) is 11.3 Å². The Morgan fingerprint density at radius 2 is 2.25 bits per heavy atom. The van der Waals surface area contributed by atoms with Crippen molar-refractivity contribution < 1.29 is 4.74 Å². The fraction of sp³-hybridized carbons (Fsp3) is 0.250. The molecule has 1 unspecified atom stereocenters. The van der Waals surface area contributed by atoms with Gasteiger partial charge >= 0.3 is 0 Å². The SMILES string of the molecule is COCC(C)Nc1ncc2c(-c3ccc4nccn4n3)c[nH]c2n1. The number of aromatic amines is 1. The third-order valence-corrected chi connectivity index (χ3v) is 3.76. The van der Waals surface area contributed by atoms with Crippen molar-refractivity contribution in [3.05, 3.63) is 36.9 Å². The van der Waals surface area contributed by atoms with Crippen LogP contribution < -0.4 is 5.32 Å². The summed E-state index contributed by atoms with van der Waals surface area (Å²) in [5.74, 6) is 0.568. The zero-order valence-electron chi connectivity index (χ0n) is 13.4. The van der Waals surface area contributed by atoms with Crippen LogP contribution in [0, 0.1) is 0 Å². The van der Waals surface area contributed by atoms with Gasteiger partial charge in [0, 0.05) is 48.9 Å². The van der Waals surface area contributed by atoms with E-state index < -0.39 is 0 Å². The first-order valence-corrected chi connectivity index (χ1v) is 7.65. The van der Waals surface area contributed by atoms with E-state index in [1.165, 1.54) is 0 Å². The Morgan fingerprint density at radius 1 is 1.33 bits per heavy atom. The zero-order valence-corrected chi connectivity index (χ0v) is 13.4. The maximum atomic E-state index is 5.11. The van der Waals surface area contributed by atoms with E-state index in [1.54, 1.807) is 24.0 Å². The summed E-state index contributed by atoms with van der Waals surface area (Å²) in [5.41, 5.74) is 3.37. The maximum Gasteiger partial charge on any atom is 0.224 e. The van der Waals surface area contributed by atoms with Crippen molar-refractivity contribution in [3.63, 3.8) is 0 Å². The first-order chi connectivity index (χ1) is 11.7. The van der Waals surface area contributed by atoms with Crippen molar-refractivity contribution in [1.29, 1.82) is 0 Å². The largest absolute Gasteiger partial charge is 0.383 e. The molecule has 4 heterocycles. The van der Waals surface area contributed by atoms with E-state index in [1.807, 2.05) is 31.5 Å². The zero-order chi connectivity index (χ0) is 16.5. The molecule has 4 aromatic rings. The molecule has 0 aliphatic rings. The number of hydrogen-bond acceptors (Lipinski definition) is 6. The van der Waals surface area contributed by atoms with Crippen LogP contribution in [0.5, 0.6) is 0 Å². The lowest BCUT2D eigenvalue weighted by atomic mass is 10.2. The van der Waals surface area contributed by atoms with Crippen molar-refractivity contribution in [2.45, 2.75) is 13.0 Å². The molecule has 4 rings (SSSR count). The third kappa shape index (κ3) is 2.56. The molecule has 0 aromatic carbocycles. The van der Waals surface area contributed by atoms with Crippen LogP contribution in [0.1, 0.15) is 6.92 Å². The Hall–Kier alpha value is -3.00. The van der Waals surface area contributed by atoms with E-state index >= 15 is 0 Å². The number of nitrogens with one attached hydrogen (secondary N) is 2. The summed E-state index contributed by atoms with van der Waals surface area (Å²) in [7, 11) is 1.67. The normalized spacial score (nSPS) is 12.8. The molecule has 122 valence electrons. The maximum absolute atomic E-state index is 5.11. The van der Waals surface area contributed by atoms with Gasteiger partial charge in [-0.1, -0.05) is 0 Å². The molecule has 2 N–H and O–H groups in total. The molecular weight excluding hydrogens is 306 g/mol. The fourth-order valence-electron chi connectivity index (χ4n) is 2.66. The Balaban J connectivity index is 1.69. The highest BCUT2D eigenvalue weighted by molar-refractivity contribution is 5.92. The van der Waals surface area contributed by atoms with Gasteiger partial charge in [0.15, 0.2) is 5.65 Å². The topological polar surface area (TPSA) is 93.0 Å². The number of rotatable bonds is 5. The number of ether oxygens (including phenoxy) is 1. The second-order valence-electron chi connectivity index (χ2n) is 5.61. The standard InChI is InChI=1S/C16H17N7O/c1-10(9-24-2)20-16-19-8-12-11(7-18-15(12)21-16)13-3-4-14-17-5-6-23(14)22-13/h3-8,10H,9H2,1-2H3,(H2,18,19,20,21). The van der Waals surface area contributed by atoms with E-state index in [0.29, 0.717) is 12.6 Å². The fourth-order valence-corrected chi connectivity index (χ4v) is 2.66. The Bertz CT molecular complexity index is 990. The highest BCUT2D eigenvalue weighted by Crippen LogP contribution is 2.26. The second kappa shape index (κ2) is 5.89. The summed E-state index contributed by atoms with van der Waals surface area (Å²) in [4.78, 5) is 16.3. The Morgan fingerprint density at radius 3 is 3.12 bits per heavy atom. The van der Waals surface area contributed by atoms with Crippen LogP contribution in [-0.2, 0) is 4.74 Å². The number of fused-ring (bicyclic) bond motifs is 2. The van der Waals surface area contributed by atoms with Gasteiger partial charge in [-0.3, -0.25) is 0 Å². The van der Waals surface area contributed by atoms with Crippen LogP contribution in [0.15, 0.2) is 36.9 Å². The van der Waals surface area contributed by atoms with E-state index in [0.717, 1.165) is 27.9 Å². The minimum atomic E-state index is 0.132. The summed E-state index contributed by atoms with van der Waals surface area (Å²) < 4.78 is 6.86. The average molecular weight is 323 g/mol. The van der Waals surface area contributed by atoms with Gasteiger partial charge in [0.2, 0.25) is 5.95 Å². The van der Waals surface area contributed by atoms with Gasteiger partial charge < -0.3 is 15.0 Å². The predicted octanol–water partition coefficient (Wildman–Crippen LogP) is 2.11. The molecule has 0 radical (unpaired) electrons. The minimum Gasteiger partial charge on any atom is -0.383 e. The molecule has 0 aliphatic heterocycles. The third-order valence-electron chi connectivity index (χ3n) is 3.76. The number of methoxy groups -OCH3 is 1. The molecule has 1 atom stereocenters. The molecular formula is C16H17N7O. The number of anilines is 1. The first kappa shape index (κ1) is 14.6. The van der Waals surface area contributed by atoms with Crippen molar-refractivity contribution >= 4 is 22.6 Å². The van der Waals surface area contributed by atoms with Crippen molar-refractivity contribution in [2.24, 2.45) is 0 Å². The van der Waals surface area contributed by atoms with Crippen molar-refractivity contribution in [2.75, 3.05) is 19.0 Å². The minimum absolute atomic E-state index is 0.132. The highest BCUT2D eigenvalue weighted by atomic mass is 16.5. The molecule has 0 saturated heterocycles. The number of nitrogens with zero attached hydrogens (tertiary/aromatic N) is 5. The molecule has 0 fully saturated rings. The van der Waals surface area contributed by atoms with E-state index in [2.05, 4.69) is 30.4 Å². The molecule has 0 amide bonds. The van der Waals surface area contributed by atoms with E-state index in [4.69, 9.17) is 4.74 Å². The van der Waals surface area contributed by atoms with Crippen LogP contribution in [0.2, 0.25) is 0 Å². The van der Waals surface area contributed by atoms with Crippen LogP contribution in [0.25, 0.3) is 27.9 Å². The lowest BCUT2D eigenvalue weighted by Gasteiger charge is -2.12. The predicted molar refractivity (Wildman–Crippen MR) is 90.8 cm³/mol. The Labute approximate surface area is 137 Å². The number of hydrogen-bond donors (Lipinski definition) is 2. The molecule has 8 heteroatoms. The number of H-pyrrole nitrogens is 1. The molecule has 0 bridgehead atoms. The van der Waals surface area contributed by atoms with Gasteiger partial charge in [-0.2, -0.15) is 10.1 Å². The van der Waals surface area contributed by atoms with Crippen LogP contribution >= 0.6 is 0 Å². The van der Waals surface area contributed by atoms with E-state index in [-0.39, 0.29) is 6.04 Å². The van der Waals surface area contributed by atoms with Crippen molar-refractivity contribution in [1.82, 2.24) is 29.5 Å². The molecule has 4 aromatic heterocycles. The first-order valence-electron chi connectivity index (χ1n) is 7.65. The van der Waals surface area contributed by atoms with Gasteiger partial charge in [0.05, 0.1) is 12.3 Å². The summed E-state index contributed by atoms with van der Waals surface area (Å²) in [5, 5.41) is 8.70. The van der Waals surface area contributed by atoms with Crippen LogP contribution in [0.4, 0.5) is 5.95 Å². The van der Waals surface area contributed by atoms with Crippen LogP contribution in [-0.4, -0.2) is 49.3 Å². The smallest absolute Gasteiger partial charge is 0.224 e.